The van der Waals surface area contributed by atoms with Gasteiger partial charge < -0.3 is 23.7 Å². The first-order chi connectivity index (χ1) is 10.8. The second kappa shape index (κ2) is 9.66. The molecular weight excluding hydrogens is 284 g/mol. The first-order valence-electron chi connectivity index (χ1n) is 7.99. The van der Waals surface area contributed by atoms with E-state index >= 15 is 0 Å². The fraction of sp³-hybridized carbons (Fsp3) is 0.647. The van der Waals surface area contributed by atoms with E-state index in [2.05, 4.69) is 19.9 Å². The topological polar surface area (TPSA) is 46.2 Å². The molecule has 0 saturated heterocycles. The quantitative estimate of drug-likeness (QED) is 0.461. The summed E-state index contributed by atoms with van der Waals surface area (Å²) in [4.78, 5) is 0. The van der Waals surface area contributed by atoms with Crippen LogP contribution in [0.5, 0.6) is 11.5 Å². The molecule has 0 atom stereocenters. The van der Waals surface area contributed by atoms with Gasteiger partial charge in [0.2, 0.25) is 6.79 Å². The van der Waals surface area contributed by atoms with Crippen molar-refractivity contribution in [2.45, 2.75) is 46.1 Å². The van der Waals surface area contributed by atoms with Crippen LogP contribution in [0.25, 0.3) is 0 Å². The van der Waals surface area contributed by atoms with Gasteiger partial charge in [0, 0.05) is 6.61 Å². The van der Waals surface area contributed by atoms with E-state index < -0.39 is 0 Å². The third-order valence-electron chi connectivity index (χ3n) is 3.45. The third kappa shape index (κ3) is 5.16. The van der Waals surface area contributed by atoms with Crippen molar-refractivity contribution in [3.05, 3.63) is 23.3 Å². The summed E-state index contributed by atoms with van der Waals surface area (Å²) in [6.07, 6.45) is 4.26. The van der Waals surface area contributed by atoms with E-state index in [-0.39, 0.29) is 13.6 Å². The van der Waals surface area contributed by atoms with Crippen molar-refractivity contribution in [3.8, 4) is 11.5 Å². The summed E-state index contributed by atoms with van der Waals surface area (Å²) in [7, 11) is 0. The Morgan fingerprint density at radius 1 is 0.909 bits per heavy atom. The van der Waals surface area contributed by atoms with Crippen molar-refractivity contribution in [1.29, 1.82) is 0 Å². The normalized spacial score (nSPS) is 12.8. The molecule has 0 N–H and O–H groups in total. The van der Waals surface area contributed by atoms with Crippen LogP contribution in [0.2, 0.25) is 0 Å². The largest absolute Gasteiger partial charge is 0.454 e. The lowest BCUT2D eigenvalue weighted by atomic mass is 10.0. The zero-order valence-electron chi connectivity index (χ0n) is 13.6. The zero-order chi connectivity index (χ0) is 15.6. The van der Waals surface area contributed by atoms with E-state index in [1.807, 2.05) is 6.07 Å². The Morgan fingerprint density at radius 3 is 2.36 bits per heavy atom. The predicted molar refractivity (Wildman–Crippen MR) is 83.0 cm³/mol. The van der Waals surface area contributed by atoms with Crippen LogP contribution < -0.4 is 9.47 Å². The van der Waals surface area contributed by atoms with Crippen LogP contribution in [0.15, 0.2) is 12.1 Å². The molecule has 0 spiro atoms. The van der Waals surface area contributed by atoms with Gasteiger partial charge >= 0.3 is 0 Å². The Labute approximate surface area is 132 Å². The lowest BCUT2D eigenvalue weighted by Gasteiger charge is -2.11. The van der Waals surface area contributed by atoms with Crippen molar-refractivity contribution in [2.24, 2.45) is 0 Å². The van der Waals surface area contributed by atoms with Gasteiger partial charge in [-0.25, -0.2) is 0 Å². The van der Waals surface area contributed by atoms with Crippen molar-refractivity contribution in [1.82, 2.24) is 0 Å². The van der Waals surface area contributed by atoms with Crippen molar-refractivity contribution in [3.63, 3.8) is 0 Å². The van der Waals surface area contributed by atoms with E-state index in [9.17, 15) is 0 Å². The monoisotopic (exact) mass is 310 g/mol. The second-order valence-corrected chi connectivity index (χ2v) is 5.27. The summed E-state index contributed by atoms with van der Waals surface area (Å²) in [5, 5.41) is 0. The molecule has 5 heteroatoms. The highest BCUT2D eigenvalue weighted by Crippen LogP contribution is 2.35. The molecule has 0 aliphatic carbocycles. The second-order valence-electron chi connectivity index (χ2n) is 5.27. The van der Waals surface area contributed by atoms with Gasteiger partial charge in [0.1, 0.15) is 13.6 Å². The molecule has 1 aromatic rings. The molecule has 0 bridgehead atoms. The number of hydrogen-bond donors (Lipinski definition) is 0. The number of fused-ring (bicyclic) bond motifs is 1. The molecular formula is C17H26O5. The maximum atomic E-state index is 5.57. The highest BCUT2D eigenvalue weighted by molar-refractivity contribution is 5.48. The van der Waals surface area contributed by atoms with Gasteiger partial charge in [0.15, 0.2) is 11.5 Å². The summed E-state index contributed by atoms with van der Waals surface area (Å²) in [6.45, 7) is 6.33. The minimum atomic E-state index is 0.228. The summed E-state index contributed by atoms with van der Waals surface area (Å²) in [5.74, 6) is 1.62. The first kappa shape index (κ1) is 17.1. The van der Waals surface area contributed by atoms with E-state index in [4.69, 9.17) is 23.7 Å². The molecule has 1 aromatic carbocycles. The van der Waals surface area contributed by atoms with Gasteiger partial charge in [-0.05, 0) is 36.1 Å². The molecule has 0 aromatic heterocycles. The molecule has 0 fully saturated rings. The number of hydrogen-bond acceptors (Lipinski definition) is 5. The standard InChI is InChI=1S/C17H26O5/c1-3-5-7-18-11-20-12-19-10-15-9-17-16(21-13-22-17)8-14(15)6-4-2/h8-9H,3-7,10-13H2,1-2H3. The van der Waals surface area contributed by atoms with Gasteiger partial charge in [-0.3, -0.25) is 0 Å². The SMILES string of the molecule is CCCCOCOCOCc1cc2c(cc1CCC)OCO2. The van der Waals surface area contributed by atoms with Gasteiger partial charge in [0.05, 0.1) is 6.61 Å². The first-order valence-corrected chi connectivity index (χ1v) is 7.99. The van der Waals surface area contributed by atoms with Crippen LogP contribution in [0.4, 0.5) is 0 Å². The summed E-state index contributed by atoms with van der Waals surface area (Å²) < 4.78 is 27.0. The molecule has 0 amide bonds. The van der Waals surface area contributed by atoms with Crippen LogP contribution in [0.3, 0.4) is 0 Å². The lowest BCUT2D eigenvalue weighted by Crippen LogP contribution is -2.06. The minimum Gasteiger partial charge on any atom is -0.454 e. The molecule has 0 radical (unpaired) electrons. The third-order valence-corrected chi connectivity index (χ3v) is 3.45. The molecule has 1 aliphatic heterocycles. The van der Waals surface area contributed by atoms with Crippen LogP contribution >= 0.6 is 0 Å². The number of ether oxygens (including phenoxy) is 5. The number of rotatable bonds is 11. The molecule has 0 unspecified atom stereocenters. The molecule has 124 valence electrons. The summed E-state index contributed by atoms with van der Waals surface area (Å²) >= 11 is 0. The van der Waals surface area contributed by atoms with E-state index in [1.54, 1.807) is 0 Å². The van der Waals surface area contributed by atoms with Crippen LogP contribution in [0, 0.1) is 0 Å². The Bertz CT molecular complexity index is 447. The minimum absolute atomic E-state index is 0.228. The predicted octanol–water partition coefficient (Wildman–Crippen LogP) is 3.63. The summed E-state index contributed by atoms with van der Waals surface area (Å²) in [6, 6.07) is 4.06. The highest BCUT2D eigenvalue weighted by atomic mass is 16.7. The number of aryl methyl sites for hydroxylation is 1. The fourth-order valence-electron chi connectivity index (χ4n) is 2.27. The van der Waals surface area contributed by atoms with Gasteiger partial charge in [-0.15, -0.1) is 0 Å². The molecule has 2 rings (SSSR count). The van der Waals surface area contributed by atoms with E-state index in [1.165, 1.54) is 5.56 Å². The van der Waals surface area contributed by atoms with Crippen molar-refractivity contribution >= 4 is 0 Å². The van der Waals surface area contributed by atoms with Crippen LogP contribution in [-0.2, 0) is 27.2 Å². The van der Waals surface area contributed by atoms with Gasteiger partial charge in [-0.2, -0.15) is 0 Å². The Kier molecular flexibility index (Phi) is 7.49. The smallest absolute Gasteiger partial charge is 0.231 e. The lowest BCUT2D eigenvalue weighted by molar-refractivity contribution is -0.135. The maximum absolute atomic E-state index is 5.57. The molecule has 1 aliphatic rings. The average molecular weight is 310 g/mol. The molecule has 0 saturated carbocycles. The maximum Gasteiger partial charge on any atom is 0.231 e. The number of benzene rings is 1. The van der Waals surface area contributed by atoms with Crippen molar-refractivity contribution < 1.29 is 23.7 Å². The van der Waals surface area contributed by atoms with E-state index in [0.29, 0.717) is 13.4 Å². The van der Waals surface area contributed by atoms with Gasteiger partial charge in [-0.1, -0.05) is 26.7 Å². The molecule has 1 heterocycles. The Morgan fingerprint density at radius 2 is 1.64 bits per heavy atom. The highest BCUT2D eigenvalue weighted by Gasteiger charge is 2.16. The fourth-order valence-corrected chi connectivity index (χ4v) is 2.27. The van der Waals surface area contributed by atoms with Gasteiger partial charge in [0.25, 0.3) is 0 Å². The Hall–Kier alpha value is -1.30. The average Bonchev–Trinajstić information content (AvgIpc) is 2.97. The summed E-state index contributed by atoms with van der Waals surface area (Å²) in [5.41, 5.74) is 2.37. The van der Waals surface area contributed by atoms with Crippen molar-refractivity contribution in [2.75, 3.05) is 27.0 Å². The number of unbranched alkanes of at least 4 members (excludes halogenated alkanes) is 1. The molecule has 22 heavy (non-hydrogen) atoms. The Balaban J connectivity index is 1.74. The molecule has 5 nitrogen and oxygen atoms in total. The van der Waals surface area contributed by atoms with Crippen LogP contribution in [-0.4, -0.2) is 27.0 Å². The van der Waals surface area contributed by atoms with Crippen LogP contribution in [0.1, 0.15) is 44.2 Å². The zero-order valence-corrected chi connectivity index (χ0v) is 13.6. The van der Waals surface area contributed by atoms with E-state index in [0.717, 1.165) is 49.4 Å².